The van der Waals surface area contributed by atoms with Gasteiger partial charge in [0.15, 0.2) is 0 Å². The lowest BCUT2D eigenvalue weighted by Gasteiger charge is -2.15. The van der Waals surface area contributed by atoms with Gasteiger partial charge in [0, 0.05) is 5.56 Å². The first kappa shape index (κ1) is 11.9. The Balaban J connectivity index is 3.20. The number of hydrogen-bond acceptors (Lipinski definition) is 3. The van der Waals surface area contributed by atoms with Gasteiger partial charge in [0.25, 0.3) is 0 Å². The van der Waals surface area contributed by atoms with Crippen LogP contribution in [0.25, 0.3) is 0 Å². The standard InChI is InChI=1S/C12H19NO2/c1-8(7-13)10-5-11(14-3)9(2)12(6-10)15-4/h5-6,8H,7,13H2,1-4H3. The highest BCUT2D eigenvalue weighted by Gasteiger charge is 2.11. The summed E-state index contributed by atoms with van der Waals surface area (Å²) in [4.78, 5) is 0. The third-order valence-corrected chi connectivity index (χ3v) is 2.70. The largest absolute Gasteiger partial charge is 0.496 e. The number of rotatable bonds is 4. The van der Waals surface area contributed by atoms with Crippen LogP contribution in [0, 0.1) is 6.92 Å². The molecule has 0 saturated carbocycles. The maximum absolute atomic E-state index is 5.64. The van der Waals surface area contributed by atoms with Crippen LogP contribution in [0.5, 0.6) is 11.5 Å². The highest BCUT2D eigenvalue weighted by atomic mass is 16.5. The predicted octanol–water partition coefficient (Wildman–Crippen LogP) is 2.07. The molecule has 0 fully saturated rings. The van der Waals surface area contributed by atoms with E-state index in [1.807, 2.05) is 19.1 Å². The Morgan fingerprint density at radius 3 is 2.00 bits per heavy atom. The SMILES string of the molecule is COc1cc(C(C)CN)cc(OC)c1C. The zero-order valence-corrected chi connectivity index (χ0v) is 9.83. The smallest absolute Gasteiger partial charge is 0.125 e. The van der Waals surface area contributed by atoms with Gasteiger partial charge in [-0.1, -0.05) is 6.92 Å². The van der Waals surface area contributed by atoms with Crippen molar-refractivity contribution in [3.63, 3.8) is 0 Å². The topological polar surface area (TPSA) is 44.5 Å². The molecular weight excluding hydrogens is 190 g/mol. The minimum Gasteiger partial charge on any atom is -0.496 e. The minimum atomic E-state index is 0.313. The molecule has 0 saturated heterocycles. The molecule has 1 unspecified atom stereocenters. The van der Waals surface area contributed by atoms with Crippen LogP contribution in [0.2, 0.25) is 0 Å². The average molecular weight is 209 g/mol. The molecule has 3 heteroatoms. The summed E-state index contributed by atoms with van der Waals surface area (Å²) < 4.78 is 10.6. The number of benzene rings is 1. The number of nitrogens with two attached hydrogens (primary N) is 1. The van der Waals surface area contributed by atoms with E-state index in [4.69, 9.17) is 15.2 Å². The zero-order valence-electron chi connectivity index (χ0n) is 9.83. The van der Waals surface area contributed by atoms with Gasteiger partial charge in [0.1, 0.15) is 11.5 Å². The van der Waals surface area contributed by atoms with E-state index in [0.717, 1.165) is 22.6 Å². The van der Waals surface area contributed by atoms with E-state index >= 15 is 0 Å². The third kappa shape index (κ3) is 2.42. The Bertz CT molecular complexity index is 311. The van der Waals surface area contributed by atoms with Crippen LogP contribution in [0.1, 0.15) is 24.0 Å². The van der Waals surface area contributed by atoms with Gasteiger partial charge in [-0.2, -0.15) is 0 Å². The van der Waals surface area contributed by atoms with Crippen LogP contribution in [0.3, 0.4) is 0 Å². The van der Waals surface area contributed by atoms with Crippen molar-refractivity contribution in [2.45, 2.75) is 19.8 Å². The first-order valence-corrected chi connectivity index (χ1v) is 5.06. The highest BCUT2D eigenvalue weighted by Crippen LogP contribution is 2.32. The fourth-order valence-electron chi connectivity index (χ4n) is 1.53. The van der Waals surface area contributed by atoms with Crippen LogP contribution < -0.4 is 15.2 Å². The van der Waals surface area contributed by atoms with Crippen molar-refractivity contribution in [2.24, 2.45) is 5.73 Å². The van der Waals surface area contributed by atoms with Gasteiger partial charge in [-0.25, -0.2) is 0 Å². The highest BCUT2D eigenvalue weighted by molar-refractivity contribution is 5.48. The quantitative estimate of drug-likeness (QED) is 0.825. The first-order valence-electron chi connectivity index (χ1n) is 5.06. The van der Waals surface area contributed by atoms with Crippen LogP contribution in [-0.4, -0.2) is 20.8 Å². The van der Waals surface area contributed by atoms with Crippen molar-refractivity contribution in [2.75, 3.05) is 20.8 Å². The molecule has 15 heavy (non-hydrogen) atoms. The number of methoxy groups -OCH3 is 2. The minimum absolute atomic E-state index is 0.313. The van der Waals surface area contributed by atoms with Gasteiger partial charge >= 0.3 is 0 Å². The maximum Gasteiger partial charge on any atom is 0.125 e. The van der Waals surface area contributed by atoms with Gasteiger partial charge < -0.3 is 15.2 Å². The Labute approximate surface area is 91.2 Å². The molecule has 0 spiro atoms. The van der Waals surface area contributed by atoms with E-state index in [0.29, 0.717) is 12.5 Å². The molecule has 1 rings (SSSR count). The lowest BCUT2D eigenvalue weighted by molar-refractivity contribution is 0.387. The monoisotopic (exact) mass is 209 g/mol. The maximum atomic E-state index is 5.64. The van der Waals surface area contributed by atoms with Gasteiger partial charge in [0.05, 0.1) is 14.2 Å². The summed E-state index contributed by atoms with van der Waals surface area (Å²) in [6.07, 6.45) is 0. The molecule has 0 aliphatic rings. The van der Waals surface area contributed by atoms with Gasteiger partial charge in [0.2, 0.25) is 0 Å². The summed E-state index contributed by atoms with van der Waals surface area (Å²) in [6.45, 7) is 4.69. The van der Waals surface area contributed by atoms with Crippen molar-refractivity contribution in [1.82, 2.24) is 0 Å². The second kappa shape index (κ2) is 5.03. The lowest BCUT2D eigenvalue weighted by atomic mass is 9.99. The Morgan fingerprint density at radius 2 is 1.67 bits per heavy atom. The van der Waals surface area contributed by atoms with Crippen LogP contribution >= 0.6 is 0 Å². The van der Waals surface area contributed by atoms with E-state index in [2.05, 4.69) is 6.92 Å². The third-order valence-electron chi connectivity index (χ3n) is 2.70. The molecule has 0 aromatic heterocycles. The summed E-state index contributed by atoms with van der Waals surface area (Å²) >= 11 is 0. The number of ether oxygens (including phenoxy) is 2. The molecule has 0 amide bonds. The van der Waals surface area contributed by atoms with Crippen LogP contribution in [0.15, 0.2) is 12.1 Å². The molecule has 0 heterocycles. The normalized spacial score (nSPS) is 12.3. The van der Waals surface area contributed by atoms with E-state index < -0.39 is 0 Å². The molecule has 1 aromatic carbocycles. The van der Waals surface area contributed by atoms with Gasteiger partial charge in [-0.05, 0) is 37.1 Å². The van der Waals surface area contributed by atoms with Crippen LogP contribution in [0.4, 0.5) is 0 Å². The summed E-state index contributed by atoms with van der Waals surface area (Å²) in [5.41, 5.74) is 7.81. The van der Waals surface area contributed by atoms with E-state index in [1.54, 1.807) is 14.2 Å². The van der Waals surface area contributed by atoms with Gasteiger partial charge in [-0.15, -0.1) is 0 Å². The van der Waals surface area contributed by atoms with E-state index in [1.165, 1.54) is 0 Å². The first-order chi connectivity index (χ1) is 7.13. The summed E-state index contributed by atoms with van der Waals surface area (Å²) in [7, 11) is 3.33. The molecule has 0 bridgehead atoms. The van der Waals surface area contributed by atoms with Crippen LogP contribution in [-0.2, 0) is 0 Å². The summed E-state index contributed by atoms with van der Waals surface area (Å²) in [6, 6.07) is 4.05. The summed E-state index contributed by atoms with van der Waals surface area (Å²) in [5, 5.41) is 0. The molecule has 1 atom stereocenters. The fourth-order valence-corrected chi connectivity index (χ4v) is 1.53. The molecule has 3 nitrogen and oxygen atoms in total. The average Bonchev–Trinajstić information content (AvgIpc) is 2.28. The molecular formula is C12H19NO2. The molecule has 0 radical (unpaired) electrons. The summed E-state index contributed by atoms with van der Waals surface area (Å²) in [5.74, 6) is 2.02. The second-order valence-corrected chi connectivity index (χ2v) is 3.69. The van der Waals surface area contributed by atoms with Crippen molar-refractivity contribution >= 4 is 0 Å². The van der Waals surface area contributed by atoms with Crippen molar-refractivity contribution < 1.29 is 9.47 Å². The molecule has 0 aliphatic carbocycles. The Morgan fingerprint density at radius 1 is 1.20 bits per heavy atom. The van der Waals surface area contributed by atoms with Gasteiger partial charge in [-0.3, -0.25) is 0 Å². The second-order valence-electron chi connectivity index (χ2n) is 3.69. The van der Waals surface area contributed by atoms with E-state index in [-0.39, 0.29) is 0 Å². The predicted molar refractivity (Wildman–Crippen MR) is 61.8 cm³/mol. The van der Waals surface area contributed by atoms with Crippen molar-refractivity contribution in [3.8, 4) is 11.5 Å². The fraction of sp³-hybridized carbons (Fsp3) is 0.500. The Kier molecular flexibility index (Phi) is 3.97. The molecule has 2 N–H and O–H groups in total. The number of hydrogen-bond donors (Lipinski definition) is 1. The molecule has 84 valence electrons. The van der Waals surface area contributed by atoms with E-state index in [9.17, 15) is 0 Å². The van der Waals surface area contributed by atoms with Crippen molar-refractivity contribution in [1.29, 1.82) is 0 Å². The Hall–Kier alpha value is -1.22. The van der Waals surface area contributed by atoms with Crippen molar-refractivity contribution in [3.05, 3.63) is 23.3 Å². The molecule has 1 aromatic rings. The molecule has 0 aliphatic heterocycles. The zero-order chi connectivity index (χ0) is 11.4. The lowest BCUT2D eigenvalue weighted by Crippen LogP contribution is -2.09.